The minimum Gasteiger partial charge on any atom is -0.459 e. The number of carbonyl (C=O) groups excluding carboxylic acids is 1. The summed E-state index contributed by atoms with van der Waals surface area (Å²) in [5.41, 5.74) is 9.39. The second kappa shape index (κ2) is 5.47. The predicted octanol–water partition coefficient (Wildman–Crippen LogP) is 4.01. The molecule has 3 nitrogen and oxygen atoms in total. The Balaban J connectivity index is 2.06. The number of esters is 1. The third-order valence-corrected chi connectivity index (χ3v) is 4.31. The lowest BCUT2D eigenvalue weighted by molar-refractivity contribution is 0.00961. The van der Waals surface area contributed by atoms with Crippen LogP contribution in [0.2, 0.25) is 0 Å². The molecular formula is C17H25NO2. The number of carbonyl (C=O) groups is 1. The van der Waals surface area contributed by atoms with Crippen molar-refractivity contribution in [3.8, 4) is 0 Å². The fourth-order valence-corrected chi connectivity index (χ4v) is 2.85. The van der Waals surface area contributed by atoms with Gasteiger partial charge in [-0.25, -0.2) is 4.79 Å². The maximum absolute atomic E-state index is 12.3. The third-order valence-electron chi connectivity index (χ3n) is 4.31. The number of nitrogen functional groups attached to an aromatic ring is 1. The van der Waals surface area contributed by atoms with Crippen LogP contribution in [0.25, 0.3) is 0 Å². The third kappa shape index (κ3) is 3.33. The molecule has 1 aliphatic carbocycles. The van der Waals surface area contributed by atoms with Gasteiger partial charge in [0.2, 0.25) is 0 Å². The monoisotopic (exact) mass is 275 g/mol. The molecule has 0 amide bonds. The van der Waals surface area contributed by atoms with E-state index in [1.807, 2.05) is 26.0 Å². The first-order valence-corrected chi connectivity index (χ1v) is 7.36. The molecule has 0 bridgehead atoms. The van der Waals surface area contributed by atoms with Crippen molar-refractivity contribution in [2.24, 2.45) is 5.41 Å². The van der Waals surface area contributed by atoms with Gasteiger partial charge in [0.25, 0.3) is 0 Å². The lowest BCUT2D eigenvalue weighted by atomic mass is 9.76. The van der Waals surface area contributed by atoms with E-state index in [1.54, 1.807) is 0 Å². The normalized spacial score (nSPS) is 18.8. The molecule has 110 valence electrons. The molecule has 0 radical (unpaired) electrons. The van der Waals surface area contributed by atoms with Crippen LogP contribution in [-0.4, -0.2) is 12.1 Å². The number of aryl methyl sites for hydroxylation is 2. The first-order chi connectivity index (χ1) is 9.28. The number of hydrogen-bond acceptors (Lipinski definition) is 3. The first-order valence-electron chi connectivity index (χ1n) is 7.36. The zero-order valence-corrected chi connectivity index (χ0v) is 13.0. The largest absolute Gasteiger partial charge is 0.459 e. The Hall–Kier alpha value is -1.51. The molecule has 0 aliphatic heterocycles. The highest BCUT2D eigenvalue weighted by Gasteiger charge is 2.29. The van der Waals surface area contributed by atoms with E-state index in [9.17, 15) is 4.79 Å². The molecular weight excluding hydrogens is 250 g/mol. The Morgan fingerprint density at radius 2 is 1.85 bits per heavy atom. The molecule has 1 aromatic carbocycles. The number of rotatable bonds is 2. The summed E-state index contributed by atoms with van der Waals surface area (Å²) in [5, 5.41) is 0. The zero-order chi connectivity index (χ0) is 14.9. The summed E-state index contributed by atoms with van der Waals surface area (Å²) in [5.74, 6) is -0.279. The average Bonchev–Trinajstić information content (AvgIpc) is 2.36. The van der Waals surface area contributed by atoms with Crippen LogP contribution in [0, 0.1) is 19.3 Å². The smallest absolute Gasteiger partial charge is 0.340 e. The molecule has 0 saturated heterocycles. The summed E-state index contributed by atoms with van der Waals surface area (Å²) in [6.07, 6.45) is 4.14. The van der Waals surface area contributed by atoms with Gasteiger partial charge in [0.1, 0.15) is 6.10 Å². The molecule has 0 heterocycles. The first kappa shape index (κ1) is 14.9. The summed E-state index contributed by atoms with van der Waals surface area (Å²) in [4.78, 5) is 12.3. The molecule has 2 N–H and O–H groups in total. The van der Waals surface area contributed by atoms with Crippen molar-refractivity contribution < 1.29 is 9.53 Å². The molecule has 0 atom stereocenters. The molecule has 1 saturated carbocycles. The molecule has 1 aliphatic rings. The van der Waals surface area contributed by atoms with E-state index in [0.29, 0.717) is 16.7 Å². The van der Waals surface area contributed by atoms with Crippen molar-refractivity contribution in [3.63, 3.8) is 0 Å². The van der Waals surface area contributed by atoms with Crippen LogP contribution in [0.15, 0.2) is 12.1 Å². The van der Waals surface area contributed by atoms with Gasteiger partial charge >= 0.3 is 5.97 Å². The van der Waals surface area contributed by atoms with Crippen LogP contribution in [0.1, 0.15) is 61.0 Å². The van der Waals surface area contributed by atoms with Crippen LogP contribution in [-0.2, 0) is 4.74 Å². The van der Waals surface area contributed by atoms with Crippen molar-refractivity contribution in [1.82, 2.24) is 0 Å². The Morgan fingerprint density at radius 1 is 1.25 bits per heavy atom. The van der Waals surface area contributed by atoms with E-state index >= 15 is 0 Å². The van der Waals surface area contributed by atoms with Gasteiger partial charge in [0.15, 0.2) is 0 Å². The molecule has 0 spiro atoms. The van der Waals surface area contributed by atoms with Crippen molar-refractivity contribution >= 4 is 11.7 Å². The summed E-state index contributed by atoms with van der Waals surface area (Å²) >= 11 is 0. The Morgan fingerprint density at radius 3 is 2.45 bits per heavy atom. The van der Waals surface area contributed by atoms with Gasteiger partial charge in [0.05, 0.1) is 5.56 Å². The highest BCUT2D eigenvalue weighted by Crippen LogP contribution is 2.36. The Kier molecular flexibility index (Phi) is 4.07. The SMILES string of the molecule is Cc1cc(C)c(N)c(C(=O)OC2CCC(C)(C)CC2)c1. The van der Waals surface area contributed by atoms with Crippen molar-refractivity contribution in [2.75, 3.05) is 5.73 Å². The zero-order valence-electron chi connectivity index (χ0n) is 13.0. The average molecular weight is 275 g/mol. The van der Waals surface area contributed by atoms with E-state index in [4.69, 9.17) is 10.5 Å². The van der Waals surface area contributed by atoms with Gasteiger partial charge in [-0.1, -0.05) is 19.9 Å². The van der Waals surface area contributed by atoms with E-state index in [0.717, 1.165) is 36.8 Å². The molecule has 0 unspecified atom stereocenters. The van der Waals surface area contributed by atoms with Gasteiger partial charge in [-0.2, -0.15) is 0 Å². The number of hydrogen-bond donors (Lipinski definition) is 1. The van der Waals surface area contributed by atoms with Gasteiger partial charge in [-0.3, -0.25) is 0 Å². The van der Waals surface area contributed by atoms with E-state index in [2.05, 4.69) is 13.8 Å². The second-order valence-corrected chi connectivity index (χ2v) is 6.81. The van der Waals surface area contributed by atoms with Gasteiger partial charge in [-0.05, 0) is 62.1 Å². The number of benzene rings is 1. The topological polar surface area (TPSA) is 52.3 Å². The lowest BCUT2D eigenvalue weighted by Gasteiger charge is -2.33. The maximum Gasteiger partial charge on any atom is 0.340 e. The minimum atomic E-state index is -0.279. The highest BCUT2D eigenvalue weighted by atomic mass is 16.5. The summed E-state index contributed by atoms with van der Waals surface area (Å²) in [6.45, 7) is 8.43. The molecule has 0 aromatic heterocycles. The fraction of sp³-hybridized carbons (Fsp3) is 0.588. The van der Waals surface area contributed by atoms with Crippen LogP contribution < -0.4 is 5.73 Å². The highest BCUT2D eigenvalue weighted by molar-refractivity contribution is 5.96. The van der Waals surface area contributed by atoms with E-state index in [-0.39, 0.29) is 12.1 Å². The van der Waals surface area contributed by atoms with Gasteiger partial charge < -0.3 is 10.5 Å². The molecule has 20 heavy (non-hydrogen) atoms. The summed E-state index contributed by atoms with van der Waals surface area (Å²) < 4.78 is 5.64. The second-order valence-electron chi connectivity index (χ2n) is 6.81. The van der Waals surface area contributed by atoms with Crippen molar-refractivity contribution in [1.29, 1.82) is 0 Å². The van der Waals surface area contributed by atoms with Crippen LogP contribution >= 0.6 is 0 Å². The molecule has 3 heteroatoms. The minimum absolute atomic E-state index is 0.0377. The Bertz CT molecular complexity index is 510. The van der Waals surface area contributed by atoms with E-state index < -0.39 is 0 Å². The standard InChI is InChI=1S/C17H25NO2/c1-11-9-12(2)15(18)14(10-11)16(19)20-13-5-7-17(3,4)8-6-13/h9-10,13H,5-8,18H2,1-4H3. The number of ether oxygens (including phenoxy) is 1. The van der Waals surface area contributed by atoms with E-state index in [1.165, 1.54) is 0 Å². The summed E-state index contributed by atoms with van der Waals surface area (Å²) in [7, 11) is 0. The lowest BCUT2D eigenvalue weighted by Crippen LogP contribution is -2.28. The van der Waals surface area contributed by atoms with Crippen LogP contribution in [0.4, 0.5) is 5.69 Å². The van der Waals surface area contributed by atoms with Crippen molar-refractivity contribution in [2.45, 2.75) is 59.5 Å². The fourth-order valence-electron chi connectivity index (χ4n) is 2.85. The molecule has 1 aromatic rings. The predicted molar refractivity (Wildman–Crippen MR) is 81.8 cm³/mol. The van der Waals surface area contributed by atoms with Gasteiger partial charge in [0, 0.05) is 5.69 Å². The molecule has 2 rings (SSSR count). The van der Waals surface area contributed by atoms with Gasteiger partial charge in [-0.15, -0.1) is 0 Å². The van der Waals surface area contributed by atoms with Crippen molar-refractivity contribution in [3.05, 3.63) is 28.8 Å². The Labute approximate surface area is 121 Å². The van der Waals surface area contributed by atoms with Crippen LogP contribution in [0.5, 0.6) is 0 Å². The quantitative estimate of drug-likeness (QED) is 0.655. The van der Waals surface area contributed by atoms with Crippen LogP contribution in [0.3, 0.4) is 0 Å². The molecule has 1 fully saturated rings. The number of nitrogens with two attached hydrogens (primary N) is 1. The maximum atomic E-state index is 12.3. The number of anilines is 1. The summed E-state index contributed by atoms with van der Waals surface area (Å²) in [6, 6.07) is 3.80.